The summed E-state index contributed by atoms with van der Waals surface area (Å²) in [5.74, 6) is 1.57. The highest BCUT2D eigenvalue weighted by Crippen LogP contribution is 2.21. The van der Waals surface area contributed by atoms with Gasteiger partial charge in [0.1, 0.15) is 5.75 Å². The van der Waals surface area contributed by atoms with Crippen molar-refractivity contribution >= 4 is 23.2 Å². The summed E-state index contributed by atoms with van der Waals surface area (Å²) >= 11 is 0. The number of aliphatic imine (C=N–C) groups is 1. The molecule has 3 rings (SSSR count). The Morgan fingerprint density at radius 1 is 1.14 bits per heavy atom. The number of imidazole rings is 1. The zero-order chi connectivity index (χ0) is 14.7. The van der Waals surface area contributed by atoms with Crippen molar-refractivity contribution in [3.8, 4) is 5.75 Å². The van der Waals surface area contributed by atoms with Gasteiger partial charge in [-0.3, -0.25) is 0 Å². The minimum absolute atomic E-state index is 0.731. The highest BCUT2D eigenvalue weighted by Gasteiger charge is 2.06. The van der Waals surface area contributed by atoms with Gasteiger partial charge >= 0.3 is 0 Å². The number of rotatable bonds is 4. The maximum Gasteiger partial charge on any atom is 0.230 e. The van der Waals surface area contributed by atoms with Crippen molar-refractivity contribution in [1.82, 2.24) is 9.55 Å². The highest BCUT2D eigenvalue weighted by molar-refractivity contribution is 5.83. The minimum atomic E-state index is 0.731. The molecule has 2 aromatic carbocycles. The van der Waals surface area contributed by atoms with Gasteiger partial charge < -0.3 is 9.30 Å². The van der Waals surface area contributed by atoms with Gasteiger partial charge in [-0.2, -0.15) is 0 Å². The molecule has 0 atom stereocenters. The quantitative estimate of drug-likeness (QED) is 0.681. The van der Waals surface area contributed by atoms with Gasteiger partial charge in [0.15, 0.2) is 0 Å². The van der Waals surface area contributed by atoms with Gasteiger partial charge in [-0.25, -0.2) is 9.98 Å². The van der Waals surface area contributed by atoms with Crippen molar-refractivity contribution in [3.05, 3.63) is 54.1 Å². The van der Waals surface area contributed by atoms with Gasteiger partial charge in [-0.1, -0.05) is 12.1 Å². The number of aryl methyl sites for hydroxylation is 1. The van der Waals surface area contributed by atoms with E-state index in [1.807, 2.05) is 48.7 Å². The topological polar surface area (TPSA) is 39.4 Å². The van der Waals surface area contributed by atoms with Crippen LogP contribution < -0.4 is 4.74 Å². The van der Waals surface area contributed by atoms with Crippen molar-refractivity contribution in [2.24, 2.45) is 4.99 Å². The standard InChI is InChI=1S/C17H17N3O/c1-3-20-16-7-5-4-6-15(16)19-17(20)18-12-13-8-10-14(21-2)11-9-13/h4-12H,3H2,1-2H3. The molecule has 0 aliphatic carbocycles. The lowest BCUT2D eigenvalue weighted by Crippen LogP contribution is -1.93. The molecule has 106 valence electrons. The normalized spacial score (nSPS) is 11.3. The molecule has 3 aromatic rings. The van der Waals surface area contributed by atoms with E-state index in [0.29, 0.717) is 0 Å². The van der Waals surface area contributed by atoms with Crippen LogP contribution in [0.1, 0.15) is 12.5 Å². The van der Waals surface area contributed by atoms with Crippen molar-refractivity contribution in [1.29, 1.82) is 0 Å². The third-order valence-corrected chi connectivity index (χ3v) is 3.40. The third-order valence-electron chi connectivity index (χ3n) is 3.40. The number of methoxy groups -OCH3 is 1. The van der Waals surface area contributed by atoms with Crippen LogP contribution in [0.5, 0.6) is 5.75 Å². The molecule has 0 fully saturated rings. The van der Waals surface area contributed by atoms with Crippen LogP contribution in [-0.2, 0) is 6.54 Å². The van der Waals surface area contributed by atoms with Crippen molar-refractivity contribution in [3.63, 3.8) is 0 Å². The summed E-state index contributed by atoms with van der Waals surface area (Å²) in [6, 6.07) is 15.9. The fourth-order valence-corrected chi connectivity index (χ4v) is 2.30. The molecule has 0 spiro atoms. The number of para-hydroxylation sites is 2. The molecule has 1 aromatic heterocycles. The highest BCUT2D eigenvalue weighted by atomic mass is 16.5. The van der Waals surface area contributed by atoms with E-state index in [9.17, 15) is 0 Å². The average Bonchev–Trinajstić information content (AvgIpc) is 2.91. The lowest BCUT2D eigenvalue weighted by Gasteiger charge is -2.01. The van der Waals surface area contributed by atoms with Gasteiger partial charge in [0.05, 0.1) is 18.1 Å². The first-order valence-corrected chi connectivity index (χ1v) is 6.95. The minimum Gasteiger partial charge on any atom is -0.497 e. The molecule has 1 heterocycles. The average molecular weight is 279 g/mol. The van der Waals surface area contributed by atoms with Crippen molar-refractivity contribution < 1.29 is 4.74 Å². The molecule has 0 saturated carbocycles. The Bertz CT molecular complexity index is 772. The van der Waals surface area contributed by atoms with Gasteiger partial charge in [-0.15, -0.1) is 0 Å². The smallest absolute Gasteiger partial charge is 0.230 e. The predicted octanol–water partition coefficient (Wildman–Crippen LogP) is 3.82. The maximum absolute atomic E-state index is 5.15. The Balaban J connectivity index is 1.94. The number of benzene rings is 2. The molecule has 0 amide bonds. The van der Waals surface area contributed by atoms with E-state index in [1.54, 1.807) is 7.11 Å². The SMILES string of the molecule is CCn1c(N=Cc2ccc(OC)cc2)nc2ccccc21. The molecule has 4 nitrogen and oxygen atoms in total. The summed E-state index contributed by atoms with van der Waals surface area (Å²) < 4.78 is 7.25. The zero-order valence-electron chi connectivity index (χ0n) is 12.2. The summed E-state index contributed by atoms with van der Waals surface area (Å²) in [5, 5.41) is 0. The van der Waals surface area contributed by atoms with Crippen LogP contribution in [-0.4, -0.2) is 22.9 Å². The fourth-order valence-electron chi connectivity index (χ4n) is 2.30. The van der Waals surface area contributed by atoms with E-state index < -0.39 is 0 Å². The molecule has 0 unspecified atom stereocenters. The molecule has 0 N–H and O–H groups in total. The zero-order valence-corrected chi connectivity index (χ0v) is 12.2. The lowest BCUT2D eigenvalue weighted by molar-refractivity contribution is 0.415. The Hall–Kier alpha value is -2.62. The van der Waals surface area contributed by atoms with E-state index in [4.69, 9.17) is 4.74 Å². The summed E-state index contributed by atoms with van der Waals surface area (Å²) in [6.45, 7) is 2.94. The largest absolute Gasteiger partial charge is 0.497 e. The second kappa shape index (κ2) is 5.79. The molecular weight excluding hydrogens is 262 g/mol. The molecule has 0 saturated heterocycles. The van der Waals surface area contributed by atoms with E-state index in [1.165, 1.54) is 0 Å². The Morgan fingerprint density at radius 2 is 1.90 bits per heavy atom. The van der Waals surface area contributed by atoms with E-state index in [-0.39, 0.29) is 0 Å². The summed E-state index contributed by atoms with van der Waals surface area (Å²) in [7, 11) is 1.66. The van der Waals surface area contributed by atoms with E-state index >= 15 is 0 Å². The molecule has 0 aliphatic rings. The summed E-state index contributed by atoms with van der Waals surface area (Å²) in [6.07, 6.45) is 1.83. The lowest BCUT2D eigenvalue weighted by atomic mass is 10.2. The molecule has 0 aliphatic heterocycles. The number of hydrogen-bond donors (Lipinski definition) is 0. The van der Waals surface area contributed by atoms with Gasteiger partial charge in [0.25, 0.3) is 0 Å². The third kappa shape index (κ3) is 2.65. The molecule has 21 heavy (non-hydrogen) atoms. The number of aromatic nitrogens is 2. The Morgan fingerprint density at radius 3 is 2.62 bits per heavy atom. The van der Waals surface area contributed by atoms with Crippen LogP contribution in [0.2, 0.25) is 0 Å². The van der Waals surface area contributed by atoms with Crippen molar-refractivity contribution in [2.45, 2.75) is 13.5 Å². The van der Waals surface area contributed by atoms with Crippen LogP contribution in [0, 0.1) is 0 Å². The number of nitrogens with zero attached hydrogens (tertiary/aromatic N) is 3. The van der Waals surface area contributed by atoms with Gasteiger partial charge in [-0.05, 0) is 48.9 Å². The predicted molar refractivity (Wildman–Crippen MR) is 85.7 cm³/mol. The second-order valence-electron chi connectivity index (χ2n) is 4.68. The van der Waals surface area contributed by atoms with Crippen LogP contribution in [0.25, 0.3) is 11.0 Å². The molecule has 0 radical (unpaired) electrons. The first-order chi connectivity index (χ1) is 10.3. The van der Waals surface area contributed by atoms with E-state index in [0.717, 1.165) is 34.8 Å². The van der Waals surface area contributed by atoms with Crippen LogP contribution in [0.3, 0.4) is 0 Å². The van der Waals surface area contributed by atoms with Gasteiger partial charge in [0, 0.05) is 12.8 Å². The Kier molecular flexibility index (Phi) is 3.69. The van der Waals surface area contributed by atoms with E-state index in [2.05, 4.69) is 27.5 Å². The summed E-state index contributed by atoms with van der Waals surface area (Å²) in [5.41, 5.74) is 3.11. The molecule has 4 heteroatoms. The second-order valence-corrected chi connectivity index (χ2v) is 4.68. The summed E-state index contributed by atoms with van der Waals surface area (Å²) in [4.78, 5) is 9.10. The van der Waals surface area contributed by atoms with Gasteiger partial charge in [0.2, 0.25) is 5.95 Å². The monoisotopic (exact) mass is 279 g/mol. The molecule has 0 bridgehead atoms. The number of fused-ring (bicyclic) bond motifs is 1. The first kappa shape index (κ1) is 13.4. The Labute approximate surface area is 123 Å². The van der Waals surface area contributed by atoms with Crippen LogP contribution in [0.15, 0.2) is 53.5 Å². The number of ether oxygens (including phenoxy) is 1. The fraction of sp³-hybridized carbons (Fsp3) is 0.176. The molecular formula is C17H17N3O. The first-order valence-electron chi connectivity index (χ1n) is 6.95. The van der Waals surface area contributed by atoms with Crippen LogP contribution in [0.4, 0.5) is 5.95 Å². The van der Waals surface area contributed by atoms with Crippen molar-refractivity contribution in [2.75, 3.05) is 7.11 Å². The number of hydrogen-bond acceptors (Lipinski definition) is 3. The maximum atomic E-state index is 5.15. The van der Waals surface area contributed by atoms with Crippen LogP contribution >= 0.6 is 0 Å².